The molecule has 0 fully saturated rings. The Balaban J connectivity index is 0.00000364. The number of aliphatic hydroxyl groups is 1. The Morgan fingerprint density at radius 1 is 1.14 bits per heavy atom. The largest absolute Gasteiger partial charge is 0.497 e. The van der Waals surface area contributed by atoms with E-state index in [1.807, 2.05) is 32.9 Å². The van der Waals surface area contributed by atoms with Crippen LogP contribution in [-0.4, -0.2) is 47.2 Å². The SMILES string of the molecule is COc1ccc(-c2ccc(NN)nn2)c(OCC(O)CNC(C)(C)C)c1.Cl.Cl. The third-order valence-corrected chi connectivity index (χ3v) is 3.58. The molecule has 0 amide bonds. The van der Waals surface area contributed by atoms with Crippen molar-refractivity contribution in [3.8, 4) is 22.8 Å². The standard InChI is InChI=1S/C18H27N5O3.2ClH/c1-18(2,3)20-10-12(24)11-26-16-9-13(25-4)5-6-14(16)15-7-8-17(21-19)23-22-15;;/h5-9,12,20,24H,10-11,19H2,1-4H3,(H,21,23);2*1H. The van der Waals surface area contributed by atoms with Gasteiger partial charge in [-0.2, -0.15) is 0 Å². The first-order chi connectivity index (χ1) is 12.3. The number of hydrogen-bond acceptors (Lipinski definition) is 8. The predicted octanol–water partition coefficient (Wildman–Crippen LogP) is 2.41. The number of methoxy groups -OCH3 is 1. The maximum atomic E-state index is 10.2. The maximum absolute atomic E-state index is 10.2. The van der Waals surface area contributed by atoms with Gasteiger partial charge in [-0.05, 0) is 45.0 Å². The van der Waals surface area contributed by atoms with Gasteiger partial charge in [-0.1, -0.05) is 0 Å². The Kier molecular flexibility index (Phi) is 11.1. The first-order valence-electron chi connectivity index (χ1n) is 8.37. The van der Waals surface area contributed by atoms with Gasteiger partial charge in [-0.25, -0.2) is 5.84 Å². The number of nitrogens with two attached hydrogens (primary N) is 1. The fraction of sp³-hybridized carbons (Fsp3) is 0.444. The van der Waals surface area contributed by atoms with E-state index in [9.17, 15) is 5.11 Å². The second-order valence-electron chi connectivity index (χ2n) is 6.91. The maximum Gasteiger partial charge on any atom is 0.162 e. The van der Waals surface area contributed by atoms with Crippen molar-refractivity contribution in [3.63, 3.8) is 0 Å². The Morgan fingerprint density at radius 2 is 1.86 bits per heavy atom. The highest BCUT2D eigenvalue weighted by atomic mass is 35.5. The van der Waals surface area contributed by atoms with Gasteiger partial charge in [0.2, 0.25) is 0 Å². The highest BCUT2D eigenvalue weighted by Gasteiger charge is 2.15. The van der Waals surface area contributed by atoms with E-state index in [4.69, 9.17) is 15.3 Å². The quantitative estimate of drug-likeness (QED) is 0.370. The number of nitrogen functional groups attached to an aromatic ring is 1. The summed E-state index contributed by atoms with van der Waals surface area (Å²) in [7, 11) is 1.59. The lowest BCUT2D eigenvalue weighted by Gasteiger charge is -2.23. The summed E-state index contributed by atoms with van der Waals surface area (Å²) in [5, 5.41) is 21.5. The monoisotopic (exact) mass is 433 g/mol. The number of β-amino-alcohol motifs (C(OH)–C–C–N with tert-alkyl or cyclic N) is 1. The molecule has 0 saturated carbocycles. The second-order valence-corrected chi connectivity index (χ2v) is 6.91. The van der Waals surface area contributed by atoms with E-state index in [1.54, 1.807) is 25.3 Å². The Labute approximate surface area is 178 Å². The van der Waals surface area contributed by atoms with Crippen LogP contribution in [0.2, 0.25) is 0 Å². The highest BCUT2D eigenvalue weighted by molar-refractivity contribution is 5.85. The molecule has 10 heteroatoms. The van der Waals surface area contributed by atoms with Crippen molar-refractivity contribution in [2.45, 2.75) is 32.4 Å². The third kappa shape index (κ3) is 8.04. The van der Waals surface area contributed by atoms with Gasteiger partial charge in [-0.3, -0.25) is 0 Å². The molecule has 0 aliphatic rings. The summed E-state index contributed by atoms with van der Waals surface area (Å²) < 4.78 is 11.1. The lowest BCUT2D eigenvalue weighted by atomic mass is 10.1. The van der Waals surface area contributed by atoms with Gasteiger partial charge in [0.1, 0.15) is 24.2 Å². The minimum Gasteiger partial charge on any atom is -0.497 e. The van der Waals surface area contributed by atoms with Crippen molar-refractivity contribution < 1.29 is 14.6 Å². The van der Waals surface area contributed by atoms with Gasteiger partial charge in [0.15, 0.2) is 5.82 Å². The van der Waals surface area contributed by atoms with Gasteiger partial charge in [0.05, 0.1) is 12.8 Å². The number of ether oxygens (including phenoxy) is 2. The normalized spacial score (nSPS) is 11.6. The van der Waals surface area contributed by atoms with Crippen LogP contribution in [-0.2, 0) is 0 Å². The summed E-state index contributed by atoms with van der Waals surface area (Å²) in [6.45, 7) is 6.69. The summed E-state index contributed by atoms with van der Waals surface area (Å²) in [5.74, 6) is 6.99. The van der Waals surface area contributed by atoms with E-state index >= 15 is 0 Å². The predicted molar refractivity (Wildman–Crippen MR) is 116 cm³/mol. The van der Waals surface area contributed by atoms with Gasteiger partial charge >= 0.3 is 0 Å². The van der Waals surface area contributed by atoms with E-state index in [0.717, 1.165) is 5.56 Å². The molecule has 5 N–H and O–H groups in total. The molecule has 0 saturated heterocycles. The number of anilines is 1. The van der Waals surface area contributed by atoms with Crippen LogP contribution in [0.4, 0.5) is 5.82 Å². The molecule has 28 heavy (non-hydrogen) atoms. The summed E-state index contributed by atoms with van der Waals surface area (Å²) in [6, 6.07) is 8.92. The molecule has 8 nitrogen and oxygen atoms in total. The smallest absolute Gasteiger partial charge is 0.162 e. The highest BCUT2D eigenvalue weighted by Crippen LogP contribution is 2.32. The summed E-state index contributed by atoms with van der Waals surface area (Å²) in [4.78, 5) is 0. The topological polar surface area (TPSA) is 115 Å². The zero-order chi connectivity index (χ0) is 19.2. The van der Waals surface area contributed by atoms with Crippen LogP contribution in [0.25, 0.3) is 11.3 Å². The summed E-state index contributed by atoms with van der Waals surface area (Å²) >= 11 is 0. The lowest BCUT2D eigenvalue weighted by molar-refractivity contribution is 0.100. The summed E-state index contributed by atoms with van der Waals surface area (Å²) in [6.07, 6.45) is -0.650. The minimum atomic E-state index is -0.650. The second kappa shape index (κ2) is 11.9. The first-order valence-corrected chi connectivity index (χ1v) is 8.37. The van der Waals surface area contributed by atoms with Crippen LogP contribution in [0.15, 0.2) is 30.3 Å². The van der Waals surface area contributed by atoms with E-state index in [0.29, 0.717) is 29.6 Å². The molecule has 158 valence electrons. The van der Waals surface area contributed by atoms with E-state index in [2.05, 4.69) is 20.9 Å². The van der Waals surface area contributed by atoms with Crippen molar-refractivity contribution in [1.29, 1.82) is 0 Å². The van der Waals surface area contributed by atoms with Crippen molar-refractivity contribution >= 4 is 30.6 Å². The molecule has 1 aromatic carbocycles. The van der Waals surface area contributed by atoms with E-state index in [1.165, 1.54) is 0 Å². The number of hydrogen-bond donors (Lipinski definition) is 4. The van der Waals surface area contributed by atoms with Gasteiger partial charge < -0.3 is 25.3 Å². The fourth-order valence-corrected chi connectivity index (χ4v) is 2.18. The zero-order valence-electron chi connectivity index (χ0n) is 16.4. The molecule has 0 aliphatic heterocycles. The molecule has 0 bridgehead atoms. The number of hydrazine groups is 1. The van der Waals surface area contributed by atoms with Crippen LogP contribution in [0, 0.1) is 0 Å². The molecular weight excluding hydrogens is 405 g/mol. The first kappa shape index (κ1) is 26.2. The van der Waals surface area contributed by atoms with Crippen LogP contribution in [0.3, 0.4) is 0 Å². The number of nitrogens with zero attached hydrogens (tertiary/aromatic N) is 2. The number of aromatic nitrogens is 2. The molecule has 1 unspecified atom stereocenters. The van der Waals surface area contributed by atoms with Crippen LogP contribution in [0.5, 0.6) is 11.5 Å². The molecule has 2 rings (SSSR count). The third-order valence-electron chi connectivity index (χ3n) is 3.58. The van der Waals surface area contributed by atoms with E-state index < -0.39 is 6.10 Å². The molecule has 0 spiro atoms. The number of nitrogens with one attached hydrogen (secondary N) is 2. The Morgan fingerprint density at radius 3 is 2.39 bits per heavy atom. The van der Waals surface area contributed by atoms with E-state index in [-0.39, 0.29) is 37.0 Å². The number of aliphatic hydroxyl groups excluding tert-OH is 1. The van der Waals surface area contributed by atoms with Crippen LogP contribution >= 0.6 is 24.8 Å². The van der Waals surface area contributed by atoms with Crippen molar-refractivity contribution in [2.24, 2.45) is 5.84 Å². The number of benzene rings is 1. The van der Waals surface area contributed by atoms with Crippen molar-refractivity contribution in [1.82, 2.24) is 15.5 Å². The molecule has 0 radical (unpaired) electrons. The van der Waals surface area contributed by atoms with Gasteiger partial charge in [0, 0.05) is 23.7 Å². The molecule has 1 atom stereocenters. The molecule has 1 heterocycles. The fourth-order valence-electron chi connectivity index (χ4n) is 2.18. The average molecular weight is 434 g/mol. The lowest BCUT2D eigenvalue weighted by Crippen LogP contribution is -2.42. The number of halogens is 2. The van der Waals surface area contributed by atoms with Gasteiger partial charge in [0.25, 0.3) is 0 Å². The van der Waals surface area contributed by atoms with Gasteiger partial charge in [-0.15, -0.1) is 35.0 Å². The minimum absolute atomic E-state index is 0. The zero-order valence-corrected chi connectivity index (χ0v) is 18.1. The number of rotatable bonds is 8. The van der Waals surface area contributed by atoms with Crippen LogP contribution < -0.4 is 26.1 Å². The van der Waals surface area contributed by atoms with Crippen LogP contribution in [0.1, 0.15) is 20.8 Å². The molecule has 0 aliphatic carbocycles. The van der Waals surface area contributed by atoms with Crippen molar-refractivity contribution in [2.75, 3.05) is 25.7 Å². The Bertz CT molecular complexity index is 711. The molecule has 2 aromatic rings. The summed E-state index contributed by atoms with van der Waals surface area (Å²) in [5.41, 5.74) is 3.74. The molecule has 1 aromatic heterocycles. The average Bonchev–Trinajstić information content (AvgIpc) is 2.64. The molecular formula is C18H29Cl2N5O3. The van der Waals surface area contributed by atoms with Crippen molar-refractivity contribution in [3.05, 3.63) is 30.3 Å². The Hall–Kier alpha value is -1.84.